The van der Waals surface area contributed by atoms with Crippen molar-refractivity contribution in [2.24, 2.45) is 5.73 Å². The molecule has 0 aliphatic carbocycles. The summed E-state index contributed by atoms with van der Waals surface area (Å²) in [4.78, 5) is 22.7. The van der Waals surface area contributed by atoms with Crippen LogP contribution in [0.4, 0.5) is 4.79 Å². The fraction of sp³-hybridized carbons (Fsp3) is 0.619. The number of nitrogens with two attached hydrogens (primary N) is 1. The van der Waals surface area contributed by atoms with E-state index in [0.29, 0.717) is 13.0 Å². The van der Waals surface area contributed by atoms with Crippen molar-refractivity contribution in [3.63, 3.8) is 0 Å². The normalized spacial score (nSPS) is 18.5. The summed E-state index contributed by atoms with van der Waals surface area (Å²) in [5, 5.41) is 0. The molecule has 0 radical (unpaired) electrons. The second kappa shape index (κ2) is 22.0. The second-order valence-electron chi connectivity index (χ2n) is 5.18. The molecule has 2 atom stereocenters. The quantitative estimate of drug-likeness (QED) is 0.559. The SMILES string of the molecule is C=C/C(=C\C=C/C)COC(=O)N1CCC(N)C[C@@H]1C.CC.CC.COC=O. The third-order valence-corrected chi connectivity index (χ3v) is 3.37. The Bertz CT molecular complexity index is 434. The number of carbonyl (C=O) groups excluding carboxylic acids is 2. The molecule has 1 saturated heterocycles. The molecule has 1 amide bonds. The van der Waals surface area contributed by atoms with Gasteiger partial charge in [-0.2, -0.15) is 0 Å². The molecule has 1 rings (SSSR count). The molecule has 27 heavy (non-hydrogen) atoms. The molecule has 1 unspecified atom stereocenters. The van der Waals surface area contributed by atoms with Gasteiger partial charge >= 0.3 is 6.09 Å². The number of piperidine rings is 1. The molecule has 0 saturated carbocycles. The Balaban J connectivity index is -0.000000621. The summed E-state index contributed by atoms with van der Waals surface area (Å²) in [5.74, 6) is 0. The average Bonchev–Trinajstić information content (AvgIpc) is 2.71. The Morgan fingerprint density at radius 1 is 1.30 bits per heavy atom. The van der Waals surface area contributed by atoms with Crippen LogP contribution in [0.3, 0.4) is 0 Å². The molecule has 1 aliphatic rings. The van der Waals surface area contributed by atoms with Crippen molar-refractivity contribution < 1.29 is 19.1 Å². The van der Waals surface area contributed by atoms with Crippen LogP contribution in [0.2, 0.25) is 0 Å². The van der Waals surface area contributed by atoms with E-state index in [-0.39, 0.29) is 24.8 Å². The summed E-state index contributed by atoms with van der Waals surface area (Å²) in [6, 6.07) is 0.334. The lowest BCUT2D eigenvalue weighted by molar-refractivity contribution is -0.126. The molecule has 1 aliphatic heterocycles. The Labute approximate surface area is 166 Å². The Kier molecular flexibility index (Phi) is 24.1. The van der Waals surface area contributed by atoms with Crippen LogP contribution in [0.15, 0.2) is 36.5 Å². The monoisotopic (exact) mass is 384 g/mol. The van der Waals surface area contributed by atoms with Crippen molar-refractivity contribution in [3.05, 3.63) is 36.5 Å². The number of carbonyl (C=O) groups is 2. The molecule has 0 aromatic carbocycles. The van der Waals surface area contributed by atoms with Crippen LogP contribution in [0, 0.1) is 0 Å². The van der Waals surface area contributed by atoms with E-state index in [4.69, 9.17) is 15.3 Å². The highest BCUT2D eigenvalue weighted by molar-refractivity contribution is 5.68. The maximum absolute atomic E-state index is 12.0. The number of amides is 1. The topological polar surface area (TPSA) is 81.9 Å². The maximum atomic E-state index is 12.0. The molecule has 1 heterocycles. The lowest BCUT2D eigenvalue weighted by Gasteiger charge is -2.35. The van der Waals surface area contributed by atoms with Gasteiger partial charge in [0, 0.05) is 18.6 Å². The zero-order valence-electron chi connectivity index (χ0n) is 18.2. The van der Waals surface area contributed by atoms with E-state index in [1.165, 1.54) is 7.11 Å². The number of ether oxygens (including phenoxy) is 2. The highest BCUT2D eigenvalue weighted by Crippen LogP contribution is 2.17. The van der Waals surface area contributed by atoms with Gasteiger partial charge in [0.15, 0.2) is 0 Å². The highest BCUT2D eigenvalue weighted by Gasteiger charge is 2.27. The second-order valence-corrected chi connectivity index (χ2v) is 5.18. The van der Waals surface area contributed by atoms with E-state index in [1.54, 1.807) is 11.0 Å². The van der Waals surface area contributed by atoms with Crippen LogP contribution in [0.5, 0.6) is 0 Å². The fourth-order valence-electron chi connectivity index (χ4n) is 2.10. The van der Waals surface area contributed by atoms with E-state index in [0.717, 1.165) is 18.4 Å². The lowest BCUT2D eigenvalue weighted by atomic mass is 10.00. The number of likely N-dealkylation sites (tertiary alicyclic amines) is 1. The van der Waals surface area contributed by atoms with Gasteiger partial charge in [-0.3, -0.25) is 4.79 Å². The zero-order chi connectivity index (χ0) is 21.7. The standard InChI is InChI=1S/C15H24N2O2.C2H4O2.2C2H6/c1-4-6-7-13(5-2)11-19-15(18)17-9-8-14(16)10-12(17)3;1-4-2-3;2*1-2/h4-7,12,14H,2,8-11,16H2,1,3H3;2H,1H3;2*1-2H3/b6-4-,13-7+;;;/t12-,14?;;;/m0.../s1. The summed E-state index contributed by atoms with van der Waals surface area (Å²) >= 11 is 0. The first kappa shape index (κ1) is 29.7. The van der Waals surface area contributed by atoms with Crippen molar-refractivity contribution in [2.75, 3.05) is 20.3 Å². The van der Waals surface area contributed by atoms with Gasteiger partial charge in [-0.1, -0.05) is 58.6 Å². The van der Waals surface area contributed by atoms with Gasteiger partial charge in [0.25, 0.3) is 6.47 Å². The minimum Gasteiger partial charge on any atom is -0.471 e. The zero-order valence-corrected chi connectivity index (χ0v) is 18.2. The molecule has 0 aromatic rings. The van der Waals surface area contributed by atoms with Gasteiger partial charge < -0.3 is 20.1 Å². The molecule has 0 aromatic heterocycles. The van der Waals surface area contributed by atoms with Crippen molar-refractivity contribution >= 4 is 12.6 Å². The van der Waals surface area contributed by atoms with Gasteiger partial charge in [0.2, 0.25) is 0 Å². The third-order valence-electron chi connectivity index (χ3n) is 3.37. The average molecular weight is 385 g/mol. The van der Waals surface area contributed by atoms with Gasteiger partial charge in [-0.25, -0.2) is 4.79 Å². The lowest BCUT2D eigenvalue weighted by Crippen LogP contribution is -2.48. The predicted octanol–water partition coefficient (Wildman–Crippen LogP) is 4.46. The number of allylic oxidation sites excluding steroid dienone is 3. The Hall–Kier alpha value is -2.08. The first-order valence-electron chi connectivity index (χ1n) is 9.59. The van der Waals surface area contributed by atoms with Crippen LogP contribution in [-0.2, 0) is 14.3 Å². The van der Waals surface area contributed by atoms with Crippen molar-refractivity contribution in [3.8, 4) is 0 Å². The Morgan fingerprint density at radius 3 is 2.26 bits per heavy atom. The number of hydrogen-bond donors (Lipinski definition) is 1. The van der Waals surface area contributed by atoms with Crippen LogP contribution in [-0.4, -0.2) is 49.8 Å². The minimum absolute atomic E-state index is 0.142. The smallest absolute Gasteiger partial charge is 0.410 e. The third kappa shape index (κ3) is 15.9. The van der Waals surface area contributed by atoms with Gasteiger partial charge in [-0.15, -0.1) is 0 Å². The minimum atomic E-state index is -0.271. The highest BCUT2D eigenvalue weighted by atomic mass is 16.6. The van der Waals surface area contributed by atoms with Gasteiger partial charge in [-0.05, 0) is 32.3 Å². The first-order valence-corrected chi connectivity index (χ1v) is 9.59. The van der Waals surface area contributed by atoms with Crippen LogP contribution < -0.4 is 5.73 Å². The molecule has 2 N–H and O–H groups in total. The summed E-state index contributed by atoms with van der Waals surface area (Å²) in [6.07, 6.45) is 8.79. The van der Waals surface area contributed by atoms with Gasteiger partial charge in [0.05, 0.1) is 7.11 Å². The summed E-state index contributed by atoms with van der Waals surface area (Å²) in [5.41, 5.74) is 6.76. The number of rotatable bonds is 5. The van der Waals surface area contributed by atoms with Crippen LogP contribution >= 0.6 is 0 Å². The van der Waals surface area contributed by atoms with Crippen LogP contribution in [0.25, 0.3) is 0 Å². The van der Waals surface area contributed by atoms with Crippen molar-refractivity contribution in [1.29, 1.82) is 0 Å². The Morgan fingerprint density at radius 2 is 1.85 bits per heavy atom. The van der Waals surface area contributed by atoms with Gasteiger partial charge in [0.1, 0.15) is 6.61 Å². The summed E-state index contributed by atoms with van der Waals surface area (Å²) in [7, 11) is 1.31. The van der Waals surface area contributed by atoms with E-state index in [1.807, 2.05) is 59.8 Å². The molecule has 0 bridgehead atoms. The number of methoxy groups -OCH3 is 1. The predicted molar refractivity (Wildman–Crippen MR) is 114 cm³/mol. The van der Waals surface area contributed by atoms with E-state index < -0.39 is 0 Å². The fourth-order valence-corrected chi connectivity index (χ4v) is 2.10. The molecule has 6 nitrogen and oxygen atoms in total. The molecule has 1 fully saturated rings. The molecule has 0 spiro atoms. The maximum Gasteiger partial charge on any atom is 0.410 e. The van der Waals surface area contributed by atoms with E-state index >= 15 is 0 Å². The number of hydrogen-bond acceptors (Lipinski definition) is 5. The molecular formula is C21H40N2O4. The number of nitrogens with zero attached hydrogens (tertiary/aromatic N) is 1. The first-order chi connectivity index (χ1) is 13.0. The molecule has 6 heteroatoms. The van der Waals surface area contributed by atoms with Crippen molar-refractivity contribution in [2.45, 2.75) is 66.5 Å². The molecular weight excluding hydrogens is 344 g/mol. The van der Waals surface area contributed by atoms with Crippen molar-refractivity contribution in [1.82, 2.24) is 4.90 Å². The van der Waals surface area contributed by atoms with E-state index in [9.17, 15) is 4.79 Å². The summed E-state index contributed by atoms with van der Waals surface area (Å²) in [6.45, 7) is 16.9. The largest absolute Gasteiger partial charge is 0.471 e. The molecule has 158 valence electrons. The summed E-state index contributed by atoms with van der Waals surface area (Å²) < 4.78 is 9.17. The van der Waals surface area contributed by atoms with Crippen LogP contribution in [0.1, 0.15) is 54.4 Å². The van der Waals surface area contributed by atoms with E-state index in [2.05, 4.69) is 11.3 Å².